The Kier molecular flexibility index (Phi) is 2.13. The fraction of sp³-hybridized carbons (Fsp3) is 0.222. The first-order chi connectivity index (χ1) is 6.61. The van der Waals surface area contributed by atoms with E-state index in [0.717, 1.165) is 6.07 Å². The number of Topliss-reactive ketones (excluding diaryl/α,β-unsaturated/α-hetero) is 1. The Labute approximate surface area is 80.3 Å². The Bertz CT molecular complexity index is 403. The van der Waals surface area contributed by atoms with Gasteiger partial charge in [-0.2, -0.15) is 0 Å². The zero-order valence-electron chi connectivity index (χ0n) is 7.33. The molecule has 72 valence electrons. The molecule has 1 aromatic rings. The van der Waals surface area contributed by atoms with Crippen molar-refractivity contribution in [3.63, 3.8) is 0 Å². The molecule has 1 aliphatic rings. The van der Waals surface area contributed by atoms with Crippen LogP contribution >= 0.6 is 0 Å². The normalized spacial score (nSPS) is 14.4. The number of carbonyl (C=O) groups excluding carboxylic acids is 1. The average molecular weight is 194 g/mol. The predicted octanol–water partition coefficient (Wildman–Crippen LogP) is -0.366. The molecule has 0 spiro atoms. The largest absolute Gasteiger partial charge is 0.489 e. The van der Waals surface area contributed by atoms with E-state index in [2.05, 4.69) is 0 Å². The second-order valence-corrected chi connectivity index (χ2v) is 3.29. The van der Waals surface area contributed by atoms with Crippen LogP contribution in [0.4, 0.5) is 4.39 Å². The molecule has 0 amide bonds. The summed E-state index contributed by atoms with van der Waals surface area (Å²) in [6.45, 7) is 0. The zero-order chi connectivity index (χ0) is 10.3. The monoisotopic (exact) mass is 194 g/mol. The van der Waals surface area contributed by atoms with Crippen molar-refractivity contribution in [1.82, 2.24) is 0 Å². The van der Waals surface area contributed by atoms with E-state index < -0.39 is 12.9 Å². The van der Waals surface area contributed by atoms with Crippen molar-refractivity contribution in [2.75, 3.05) is 0 Å². The lowest BCUT2D eigenvalue weighted by atomic mass is 9.76. The van der Waals surface area contributed by atoms with Crippen molar-refractivity contribution in [1.29, 1.82) is 0 Å². The first-order valence-corrected chi connectivity index (χ1v) is 4.32. The smallest absolute Gasteiger partial charge is 0.423 e. The highest BCUT2D eigenvalue weighted by Crippen LogP contribution is 2.22. The Hall–Kier alpha value is -1.20. The summed E-state index contributed by atoms with van der Waals surface area (Å²) < 4.78 is 13.2. The number of ketones is 1. The van der Waals surface area contributed by atoms with Gasteiger partial charge in [0, 0.05) is 12.0 Å². The minimum atomic E-state index is -1.72. The molecule has 0 aliphatic heterocycles. The number of carbonyl (C=O) groups is 1. The fourth-order valence-electron chi connectivity index (χ4n) is 1.79. The lowest BCUT2D eigenvalue weighted by Gasteiger charge is -2.06. The summed E-state index contributed by atoms with van der Waals surface area (Å²) in [7, 11) is -1.72. The molecule has 1 aliphatic carbocycles. The SMILES string of the molecule is O=C1CCc2c(F)ccc(B(O)O)c21. The highest BCUT2D eigenvalue weighted by molar-refractivity contribution is 6.60. The summed E-state index contributed by atoms with van der Waals surface area (Å²) in [5.41, 5.74) is 0.560. The van der Waals surface area contributed by atoms with Crippen molar-refractivity contribution in [2.45, 2.75) is 12.8 Å². The summed E-state index contributed by atoms with van der Waals surface area (Å²) in [6, 6.07) is 2.40. The first-order valence-electron chi connectivity index (χ1n) is 4.32. The van der Waals surface area contributed by atoms with Crippen molar-refractivity contribution in [3.8, 4) is 0 Å². The van der Waals surface area contributed by atoms with E-state index in [4.69, 9.17) is 10.0 Å². The van der Waals surface area contributed by atoms with Crippen LogP contribution in [-0.4, -0.2) is 22.9 Å². The van der Waals surface area contributed by atoms with Crippen molar-refractivity contribution in [3.05, 3.63) is 29.1 Å². The third kappa shape index (κ3) is 1.25. The number of fused-ring (bicyclic) bond motifs is 1. The summed E-state index contributed by atoms with van der Waals surface area (Å²) >= 11 is 0. The van der Waals surface area contributed by atoms with Crippen molar-refractivity contribution >= 4 is 18.4 Å². The van der Waals surface area contributed by atoms with E-state index in [1.54, 1.807) is 0 Å². The van der Waals surface area contributed by atoms with Gasteiger partial charge in [0.25, 0.3) is 0 Å². The van der Waals surface area contributed by atoms with Crippen LogP contribution in [0.15, 0.2) is 12.1 Å². The Morgan fingerprint density at radius 2 is 2.00 bits per heavy atom. The first kappa shape index (κ1) is 9.36. The molecule has 0 unspecified atom stereocenters. The van der Waals surface area contributed by atoms with Gasteiger partial charge in [-0.15, -0.1) is 0 Å². The van der Waals surface area contributed by atoms with Crippen LogP contribution < -0.4 is 5.46 Å². The van der Waals surface area contributed by atoms with E-state index in [9.17, 15) is 9.18 Å². The molecule has 0 heterocycles. The highest BCUT2D eigenvalue weighted by Gasteiger charge is 2.29. The summed E-state index contributed by atoms with van der Waals surface area (Å²) in [4.78, 5) is 11.4. The lowest BCUT2D eigenvalue weighted by molar-refractivity contribution is 0.0995. The van der Waals surface area contributed by atoms with Gasteiger partial charge in [0.2, 0.25) is 0 Å². The molecular formula is C9H8BFO3. The lowest BCUT2D eigenvalue weighted by Crippen LogP contribution is -2.34. The van der Waals surface area contributed by atoms with Gasteiger partial charge in [0.05, 0.1) is 0 Å². The summed E-state index contributed by atoms with van der Waals surface area (Å²) in [5.74, 6) is -0.669. The van der Waals surface area contributed by atoms with Crippen molar-refractivity contribution in [2.24, 2.45) is 0 Å². The number of hydrogen-bond donors (Lipinski definition) is 2. The van der Waals surface area contributed by atoms with E-state index >= 15 is 0 Å². The number of halogens is 1. The van der Waals surface area contributed by atoms with Crippen LogP contribution in [0.2, 0.25) is 0 Å². The Morgan fingerprint density at radius 1 is 1.29 bits per heavy atom. The maximum Gasteiger partial charge on any atom is 0.489 e. The van der Waals surface area contributed by atoms with Crippen LogP contribution in [0.5, 0.6) is 0 Å². The molecule has 2 rings (SSSR count). The van der Waals surface area contributed by atoms with Crippen LogP contribution in [0, 0.1) is 5.82 Å². The van der Waals surface area contributed by atoms with Gasteiger partial charge in [0.1, 0.15) is 5.82 Å². The van der Waals surface area contributed by atoms with Gasteiger partial charge in [-0.1, -0.05) is 6.07 Å². The minimum absolute atomic E-state index is 0.101. The van der Waals surface area contributed by atoms with Gasteiger partial charge in [-0.05, 0) is 23.5 Å². The molecule has 0 saturated carbocycles. The third-order valence-corrected chi connectivity index (χ3v) is 2.45. The van der Waals surface area contributed by atoms with E-state index in [1.807, 2.05) is 0 Å². The topological polar surface area (TPSA) is 57.5 Å². The average Bonchev–Trinajstić information content (AvgIpc) is 2.50. The Morgan fingerprint density at radius 3 is 2.64 bits per heavy atom. The molecule has 3 nitrogen and oxygen atoms in total. The van der Waals surface area contributed by atoms with E-state index in [1.165, 1.54) is 6.07 Å². The second kappa shape index (κ2) is 3.18. The van der Waals surface area contributed by atoms with Gasteiger partial charge in [-0.25, -0.2) is 4.39 Å². The number of rotatable bonds is 1. The predicted molar refractivity (Wildman–Crippen MR) is 48.9 cm³/mol. The molecule has 14 heavy (non-hydrogen) atoms. The van der Waals surface area contributed by atoms with E-state index in [0.29, 0.717) is 12.0 Å². The minimum Gasteiger partial charge on any atom is -0.423 e. The van der Waals surface area contributed by atoms with Crippen molar-refractivity contribution < 1.29 is 19.2 Å². The number of hydrogen-bond acceptors (Lipinski definition) is 3. The molecule has 0 bridgehead atoms. The maximum absolute atomic E-state index is 13.2. The summed E-state index contributed by atoms with van der Waals surface area (Å²) in [5, 5.41) is 18.0. The fourth-order valence-corrected chi connectivity index (χ4v) is 1.79. The molecular weight excluding hydrogens is 186 g/mol. The third-order valence-electron chi connectivity index (χ3n) is 2.45. The molecule has 0 aromatic heterocycles. The summed E-state index contributed by atoms with van der Waals surface area (Å²) in [6.07, 6.45) is 0.594. The molecule has 5 heteroatoms. The van der Waals surface area contributed by atoms with E-state index in [-0.39, 0.29) is 23.2 Å². The quantitative estimate of drug-likeness (QED) is 0.600. The standard InChI is InChI=1S/C9H8BFO3/c11-7-3-2-6(10(13)14)9-5(7)1-4-8(9)12/h2-3,13-14H,1,4H2. The Balaban J connectivity index is 2.66. The molecule has 2 N–H and O–H groups in total. The molecule has 0 atom stereocenters. The molecule has 0 saturated heterocycles. The van der Waals surface area contributed by atoms with Crippen LogP contribution in [0.3, 0.4) is 0 Å². The van der Waals surface area contributed by atoms with Gasteiger partial charge in [0.15, 0.2) is 5.78 Å². The molecule has 1 aromatic carbocycles. The van der Waals surface area contributed by atoms with Crippen LogP contribution in [-0.2, 0) is 6.42 Å². The van der Waals surface area contributed by atoms with Crippen LogP contribution in [0.1, 0.15) is 22.3 Å². The second-order valence-electron chi connectivity index (χ2n) is 3.29. The molecule has 0 radical (unpaired) electrons. The van der Waals surface area contributed by atoms with Gasteiger partial charge >= 0.3 is 7.12 Å². The number of benzene rings is 1. The van der Waals surface area contributed by atoms with Gasteiger partial charge in [-0.3, -0.25) is 4.79 Å². The van der Waals surface area contributed by atoms with Gasteiger partial charge < -0.3 is 10.0 Å². The molecule has 0 fully saturated rings. The maximum atomic E-state index is 13.2. The van der Waals surface area contributed by atoms with Crippen LogP contribution in [0.25, 0.3) is 0 Å². The highest BCUT2D eigenvalue weighted by atomic mass is 19.1. The zero-order valence-corrected chi connectivity index (χ0v) is 7.33.